The second-order valence-electron chi connectivity index (χ2n) is 7.95. The molecule has 1 N–H and O–H groups in total. The molecule has 2 aliphatic heterocycles. The van der Waals surface area contributed by atoms with Crippen molar-refractivity contribution in [3.8, 4) is 0 Å². The number of amides is 2. The van der Waals surface area contributed by atoms with Crippen molar-refractivity contribution in [2.75, 3.05) is 52.9 Å². The van der Waals surface area contributed by atoms with E-state index in [-0.39, 0.29) is 12.1 Å². The number of carbonyl (C=O) groups is 1. The first kappa shape index (κ1) is 19.1. The quantitative estimate of drug-likeness (QED) is 0.869. The number of urea groups is 1. The Bertz CT molecular complexity index is 551. The molecule has 0 radical (unpaired) electrons. The third kappa shape index (κ3) is 5.68. The number of nitrogens with one attached hydrogen (secondary N) is 1. The van der Waals surface area contributed by atoms with Gasteiger partial charge >= 0.3 is 6.03 Å². The second kappa shape index (κ2) is 9.33. The predicted molar refractivity (Wildman–Crippen MR) is 104 cm³/mol. The van der Waals surface area contributed by atoms with Crippen LogP contribution >= 0.6 is 0 Å². The largest absolute Gasteiger partial charge is 0.334 e. The standard InChI is InChI=1S/C20H33N5O/c1-17(16-24-12-10-23(2)11-13-24)22-20(26)25-8-5-18(6-9-25)14-19-4-3-7-21-15-19/h3-4,7,15,17-18H,5-6,8-14,16H2,1-2H3,(H,22,26). The van der Waals surface area contributed by atoms with Gasteiger partial charge in [0, 0.05) is 64.2 Å². The Morgan fingerprint density at radius 1 is 1.23 bits per heavy atom. The van der Waals surface area contributed by atoms with Gasteiger partial charge in [0.1, 0.15) is 0 Å². The van der Waals surface area contributed by atoms with Gasteiger partial charge < -0.3 is 15.1 Å². The summed E-state index contributed by atoms with van der Waals surface area (Å²) in [5.74, 6) is 0.658. The van der Waals surface area contributed by atoms with Crippen LogP contribution in [0, 0.1) is 5.92 Å². The molecule has 1 aromatic rings. The maximum absolute atomic E-state index is 12.5. The molecule has 0 spiro atoms. The molecule has 2 aliphatic rings. The summed E-state index contributed by atoms with van der Waals surface area (Å²) in [5.41, 5.74) is 1.30. The average Bonchev–Trinajstić information content (AvgIpc) is 2.65. The predicted octanol–water partition coefficient (Wildman–Crippen LogP) is 1.68. The lowest BCUT2D eigenvalue weighted by atomic mass is 9.91. The van der Waals surface area contributed by atoms with E-state index in [9.17, 15) is 4.79 Å². The van der Waals surface area contributed by atoms with Crippen LogP contribution in [0.2, 0.25) is 0 Å². The molecule has 26 heavy (non-hydrogen) atoms. The van der Waals surface area contributed by atoms with Gasteiger partial charge in [-0.25, -0.2) is 4.79 Å². The van der Waals surface area contributed by atoms with Crippen LogP contribution < -0.4 is 5.32 Å². The van der Waals surface area contributed by atoms with Crippen LogP contribution in [-0.2, 0) is 6.42 Å². The van der Waals surface area contributed by atoms with Crippen molar-refractivity contribution in [3.05, 3.63) is 30.1 Å². The van der Waals surface area contributed by atoms with Crippen LogP contribution in [0.3, 0.4) is 0 Å². The maximum Gasteiger partial charge on any atom is 0.317 e. The monoisotopic (exact) mass is 359 g/mol. The van der Waals surface area contributed by atoms with Gasteiger partial charge in [0.05, 0.1) is 0 Å². The number of hydrogen-bond donors (Lipinski definition) is 1. The Balaban J connectivity index is 1.36. The summed E-state index contributed by atoms with van der Waals surface area (Å²) in [4.78, 5) is 23.5. The Labute approximate surface area is 157 Å². The summed E-state index contributed by atoms with van der Waals surface area (Å²) in [7, 11) is 2.17. The molecule has 1 atom stereocenters. The lowest BCUT2D eigenvalue weighted by Crippen LogP contribution is -2.52. The zero-order valence-corrected chi connectivity index (χ0v) is 16.2. The average molecular weight is 360 g/mol. The minimum Gasteiger partial charge on any atom is -0.334 e. The van der Waals surface area contributed by atoms with Gasteiger partial charge in [-0.15, -0.1) is 0 Å². The van der Waals surface area contributed by atoms with Gasteiger partial charge in [0.25, 0.3) is 0 Å². The van der Waals surface area contributed by atoms with Gasteiger partial charge in [0.15, 0.2) is 0 Å². The third-order valence-electron chi connectivity index (χ3n) is 5.65. The number of pyridine rings is 1. The van der Waals surface area contributed by atoms with E-state index in [0.717, 1.165) is 65.1 Å². The molecule has 144 valence electrons. The fraction of sp³-hybridized carbons (Fsp3) is 0.700. The number of hydrogen-bond acceptors (Lipinski definition) is 4. The molecule has 2 fully saturated rings. The van der Waals surface area contributed by atoms with Crippen molar-refractivity contribution in [2.24, 2.45) is 5.92 Å². The Morgan fingerprint density at radius 3 is 2.62 bits per heavy atom. The minimum absolute atomic E-state index is 0.103. The Kier molecular flexibility index (Phi) is 6.86. The van der Waals surface area contributed by atoms with Gasteiger partial charge in [-0.3, -0.25) is 9.88 Å². The number of likely N-dealkylation sites (tertiary alicyclic amines) is 1. The summed E-state index contributed by atoms with van der Waals surface area (Å²) in [5, 5.41) is 3.19. The lowest BCUT2D eigenvalue weighted by Gasteiger charge is -2.35. The normalized spacial score (nSPS) is 21.5. The van der Waals surface area contributed by atoms with Crippen LogP contribution in [0.4, 0.5) is 4.79 Å². The lowest BCUT2D eigenvalue weighted by molar-refractivity contribution is 0.138. The number of nitrogens with zero attached hydrogens (tertiary/aromatic N) is 4. The Morgan fingerprint density at radius 2 is 1.96 bits per heavy atom. The zero-order chi connectivity index (χ0) is 18.4. The molecule has 1 aromatic heterocycles. The van der Waals surface area contributed by atoms with E-state index in [0.29, 0.717) is 5.92 Å². The number of likely N-dealkylation sites (N-methyl/N-ethyl adjacent to an activating group) is 1. The fourth-order valence-electron chi connectivity index (χ4n) is 3.96. The smallest absolute Gasteiger partial charge is 0.317 e. The molecule has 0 bridgehead atoms. The summed E-state index contributed by atoms with van der Waals surface area (Å²) in [6.45, 7) is 9.20. The molecule has 3 rings (SSSR count). The van der Waals surface area contributed by atoms with E-state index in [1.54, 1.807) is 0 Å². The van der Waals surface area contributed by atoms with E-state index in [4.69, 9.17) is 0 Å². The zero-order valence-electron chi connectivity index (χ0n) is 16.2. The van der Waals surface area contributed by atoms with E-state index in [2.05, 4.69) is 40.1 Å². The first-order valence-electron chi connectivity index (χ1n) is 9.95. The van der Waals surface area contributed by atoms with Gasteiger partial charge in [-0.1, -0.05) is 6.07 Å². The fourth-order valence-corrected chi connectivity index (χ4v) is 3.96. The number of carbonyl (C=O) groups excluding carboxylic acids is 1. The summed E-state index contributed by atoms with van der Waals surface area (Å²) in [6.07, 6.45) is 7.01. The number of piperidine rings is 1. The summed E-state index contributed by atoms with van der Waals surface area (Å²) in [6, 6.07) is 4.44. The number of aromatic nitrogens is 1. The van der Waals surface area contributed by atoms with Crippen molar-refractivity contribution in [1.29, 1.82) is 0 Å². The highest BCUT2D eigenvalue weighted by molar-refractivity contribution is 5.74. The van der Waals surface area contributed by atoms with Crippen LogP contribution in [0.15, 0.2) is 24.5 Å². The van der Waals surface area contributed by atoms with E-state index in [1.165, 1.54) is 5.56 Å². The highest BCUT2D eigenvalue weighted by Crippen LogP contribution is 2.21. The molecule has 6 heteroatoms. The van der Waals surface area contributed by atoms with E-state index < -0.39 is 0 Å². The second-order valence-corrected chi connectivity index (χ2v) is 7.95. The van der Waals surface area contributed by atoms with Crippen LogP contribution in [0.5, 0.6) is 0 Å². The van der Waals surface area contributed by atoms with Crippen LogP contribution in [0.25, 0.3) is 0 Å². The van der Waals surface area contributed by atoms with E-state index >= 15 is 0 Å². The topological polar surface area (TPSA) is 51.7 Å². The minimum atomic E-state index is 0.103. The highest BCUT2D eigenvalue weighted by atomic mass is 16.2. The number of piperazine rings is 1. The highest BCUT2D eigenvalue weighted by Gasteiger charge is 2.24. The summed E-state index contributed by atoms with van der Waals surface area (Å²) >= 11 is 0. The van der Waals surface area contributed by atoms with Crippen molar-refractivity contribution in [1.82, 2.24) is 25.0 Å². The van der Waals surface area contributed by atoms with E-state index in [1.807, 2.05) is 23.4 Å². The molecular formula is C20H33N5O. The molecule has 0 aromatic carbocycles. The molecule has 0 saturated carbocycles. The van der Waals surface area contributed by atoms with Crippen LogP contribution in [0.1, 0.15) is 25.3 Å². The molecule has 3 heterocycles. The number of rotatable bonds is 5. The van der Waals surface area contributed by atoms with Crippen molar-refractivity contribution in [3.63, 3.8) is 0 Å². The van der Waals surface area contributed by atoms with Crippen molar-refractivity contribution < 1.29 is 4.79 Å². The maximum atomic E-state index is 12.5. The first-order valence-corrected chi connectivity index (χ1v) is 9.95. The first-order chi connectivity index (χ1) is 12.6. The van der Waals surface area contributed by atoms with Crippen LogP contribution in [-0.4, -0.2) is 84.6 Å². The summed E-state index contributed by atoms with van der Waals surface area (Å²) < 4.78 is 0. The SMILES string of the molecule is CC(CN1CCN(C)CC1)NC(=O)N1CCC(Cc2cccnc2)CC1. The Hall–Kier alpha value is -1.66. The van der Waals surface area contributed by atoms with Gasteiger partial charge in [0.2, 0.25) is 0 Å². The molecular weight excluding hydrogens is 326 g/mol. The van der Waals surface area contributed by atoms with Crippen molar-refractivity contribution in [2.45, 2.75) is 32.2 Å². The molecule has 1 unspecified atom stereocenters. The van der Waals surface area contributed by atoms with Gasteiger partial charge in [-0.05, 0) is 50.8 Å². The molecule has 2 saturated heterocycles. The van der Waals surface area contributed by atoms with Crippen molar-refractivity contribution >= 4 is 6.03 Å². The molecule has 6 nitrogen and oxygen atoms in total. The molecule has 2 amide bonds. The molecule has 0 aliphatic carbocycles. The third-order valence-corrected chi connectivity index (χ3v) is 5.65. The van der Waals surface area contributed by atoms with Gasteiger partial charge in [-0.2, -0.15) is 0 Å².